The van der Waals surface area contributed by atoms with Gasteiger partial charge in [0.25, 0.3) is 11.4 Å². The maximum Gasteiger partial charge on any atom is 0.414 e. The fraction of sp³-hybridized carbons (Fsp3) is 0.353. The number of anilines is 1. The molecule has 1 aromatic carbocycles. The van der Waals surface area contributed by atoms with Crippen LogP contribution in [0.1, 0.15) is 28.9 Å². The van der Waals surface area contributed by atoms with Crippen LogP contribution in [0.15, 0.2) is 30.5 Å². The number of carbonyl (C=O) groups is 2. The first-order valence-electron chi connectivity index (χ1n) is 8.14. The summed E-state index contributed by atoms with van der Waals surface area (Å²) in [5.74, 6) is -0.341. The standard InChI is InChI=1S/C17H15N5O3S/c1-18-17(6-7-17)11-2-4-12(5-3-11)22-10-13(25-16(22)24)8-19-15(23)14-9-20-26-21-14/h2-5,9,13H,6-8,10H2,(H,19,23). The average molecular weight is 369 g/mol. The number of cyclic esters (lactones) is 1. The number of nitrogens with one attached hydrogen (secondary N) is 1. The van der Waals surface area contributed by atoms with Crippen molar-refractivity contribution >= 4 is 29.4 Å². The Morgan fingerprint density at radius 3 is 2.81 bits per heavy atom. The molecule has 4 rings (SSSR count). The van der Waals surface area contributed by atoms with Gasteiger partial charge in [-0.25, -0.2) is 11.4 Å². The van der Waals surface area contributed by atoms with E-state index >= 15 is 0 Å². The molecule has 1 unspecified atom stereocenters. The minimum absolute atomic E-state index is 0.206. The minimum Gasteiger partial charge on any atom is -0.442 e. The Morgan fingerprint density at radius 1 is 1.42 bits per heavy atom. The number of nitrogens with zero attached hydrogens (tertiary/aromatic N) is 4. The highest BCUT2D eigenvalue weighted by Crippen LogP contribution is 2.49. The lowest BCUT2D eigenvalue weighted by Gasteiger charge is -2.14. The molecule has 1 aromatic heterocycles. The van der Waals surface area contributed by atoms with E-state index in [0.717, 1.165) is 35.8 Å². The molecule has 8 nitrogen and oxygen atoms in total. The number of aromatic nitrogens is 2. The molecule has 1 atom stereocenters. The summed E-state index contributed by atoms with van der Waals surface area (Å²) in [6.07, 6.45) is 2.29. The number of rotatable bonds is 5. The van der Waals surface area contributed by atoms with Crippen LogP contribution >= 0.6 is 11.7 Å². The van der Waals surface area contributed by atoms with Crippen LogP contribution in [0.5, 0.6) is 0 Å². The van der Waals surface area contributed by atoms with Gasteiger partial charge < -0.3 is 14.9 Å². The smallest absolute Gasteiger partial charge is 0.414 e. The van der Waals surface area contributed by atoms with Gasteiger partial charge in [-0.2, -0.15) is 8.75 Å². The zero-order valence-corrected chi connectivity index (χ0v) is 14.5. The monoisotopic (exact) mass is 369 g/mol. The van der Waals surface area contributed by atoms with E-state index in [1.807, 2.05) is 24.3 Å². The van der Waals surface area contributed by atoms with Gasteiger partial charge in [0.15, 0.2) is 5.69 Å². The average Bonchev–Trinajstić information content (AvgIpc) is 3.09. The van der Waals surface area contributed by atoms with Gasteiger partial charge in [-0.1, -0.05) is 0 Å². The third-order valence-electron chi connectivity index (χ3n) is 4.61. The summed E-state index contributed by atoms with van der Waals surface area (Å²) in [6, 6.07) is 7.48. The largest absolute Gasteiger partial charge is 0.442 e. The highest BCUT2D eigenvalue weighted by atomic mass is 32.1. The van der Waals surface area contributed by atoms with E-state index < -0.39 is 12.2 Å². The molecule has 0 bridgehead atoms. The molecule has 1 aliphatic heterocycles. The van der Waals surface area contributed by atoms with E-state index in [1.54, 1.807) is 0 Å². The third kappa shape index (κ3) is 2.99. The number of hydrogen-bond donors (Lipinski definition) is 1. The van der Waals surface area contributed by atoms with Gasteiger partial charge in [0.1, 0.15) is 6.10 Å². The Labute approximate surface area is 153 Å². The van der Waals surface area contributed by atoms with E-state index in [-0.39, 0.29) is 23.7 Å². The van der Waals surface area contributed by atoms with Gasteiger partial charge in [-0.15, -0.1) is 0 Å². The van der Waals surface area contributed by atoms with E-state index in [9.17, 15) is 9.59 Å². The van der Waals surface area contributed by atoms with Crippen LogP contribution in [-0.4, -0.2) is 39.9 Å². The van der Waals surface area contributed by atoms with Crippen LogP contribution < -0.4 is 10.2 Å². The van der Waals surface area contributed by atoms with Crippen molar-refractivity contribution in [1.29, 1.82) is 0 Å². The van der Waals surface area contributed by atoms with E-state index in [1.165, 1.54) is 11.1 Å². The fourth-order valence-electron chi connectivity index (χ4n) is 2.94. The quantitative estimate of drug-likeness (QED) is 0.816. The summed E-state index contributed by atoms with van der Waals surface area (Å²) in [7, 11) is 0. The zero-order chi connectivity index (χ0) is 18.1. The third-order valence-corrected chi connectivity index (χ3v) is 5.09. The van der Waals surface area contributed by atoms with Crippen molar-refractivity contribution in [2.75, 3.05) is 18.0 Å². The van der Waals surface area contributed by atoms with Gasteiger partial charge in [0.2, 0.25) is 0 Å². The van der Waals surface area contributed by atoms with Gasteiger partial charge in [0, 0.05) is 24.1 Å². The Kier molecular flexibility index (Phi) is 4.05. The Balaban J connectivity index is 1.37. The van der Waals surface area contributed by atoms with E-state index in [4.69, 9.17) is 11.3 Å². The van der Waals surface area contributed by atoms with E-state index in [0.29, 0.717) is 6.54 Å². The topological polar surface area (TPSA) is 88.8 Å². The maximum absolute atomic E-state index is 12.1. The highest BCUT2D eigenvalue weighted by Gasteiger charge is 2.52. The number of carbonyl (C=O) groups excluding carboxylic acids is 2. The predicted molar refractivity (Wildman–Crippen MR) is 93.8 cm³/mol. The van der Waals surface area contributed by atoms with Crippen LogP contribution in [0, 0.1) is 6.57 Å². The number of hydrogen-bond acceptors (Lipinski definition) is 6. The van der Waals surface area contributed by atoms with Gasteiger partial charge in [-0.05, 0) is 24.3 Å². The normalized spacial score (nSPS) is 20.3. The first-order valence-corrected chi connectivity index (χ1v) is 8.87. The van der Waals surface area contributed by atoms with Crippen molar-refractivity contribution in [3.05, 3.63) is 53.1 Å². The van der Waals surface area contributed by atoms with Crippen molar-refractivity contribution in [2.24, 2.45) is 0 Å². The molecule has 2 aliphatic rings. The van der Waals surface area contributed by atoms with Crippen molar-refractivity contribution in [3.63, 3.8) is 0 Å². The zero-order valence-electron chi connectivity index (χ0n) is 13.7. The summed E-state index contributed by atoms with van der Waals surface area (Å²) in [5.41, 5.74) is 1.60. The molecule has 0 radical (unpaired) electrons. The van der Waals surface area contributed by atoms with Crippen LogP contribution in [0.4, 0.5) is 10.5 Å². The molecular weight excluding hydrogens is 354 g/mol. The molecule has 0 spiro atoms. The van der Waals surface area contributed by atoms with Crippen molar-refractivity contribution in [2.45, 2.75) is 24.5 Å². The van der Waals surface area contributed by atoms with Crippen molar-refractivity contribution in [1.82, 2.24) is 14.1 Å². The molecule has 1 saturated heterocycles. The Hall–Kier alpha value is -2.99. The SMILES string of the molecule is [C-]#[N+]C1(c2ccc(N3CC(CNC(=O)c4cnsn4)OC3=O)cc2)CC1. The molecule has 2 aromatic rings. The van der Waals surface area contributed by atoms with Crippen molar-refractivity contribution in [3.8, 4) is 0 Å². The second-order valence-corrected chi connectivity index (χ2v) is 6.87. The van der Waals surface area contributed by atoms with Crippen LogP contribution in [0.3, 0.4) is 0 Å². The number of benzene rings is 1. The highest BCUT2D eigenvalue weighted by molar-refractivity contribution is 6.99. The molecule has 9 heteroatoms. The molecule has 1 aliphatic carbocycles. The van der Waals surface area contributed by atoms with Crippen LogP contribution in [0.2, 0.25) is 0 Å². The molecular formula is C17H15N5O3S. The molecule has 1 saturated carbocycles. The molecule has 132 valence electrons. The summed E-state index contributed by atoms with van der Waals surface area (Å²) in [4.78, 5) is 29.3. The van der Waals surface area contributed by atoms with Gasteiger partial charge >= 0.3 is 6.09 Å². The second-order valence-electron chi connectivity index (χ2n) is 6.31. The Morgan fingerprint density at radius 2 is 2.19 bits per heavy atom. The molecule has 2 heterocycles. The van der Waals surface area contributed by atoms with Gasteiger partial charge in [-0.3, -0.25) is 9.69 Å². The van der Waals surface area contributed by atoms with Crippen molar-refractivity contribution < 1.29 is 14.3 Å². The predicted octanol–water partition coefficient (Wildman–Crippen LogP) is 2.20. The maximum atomic E-state index is 12.1. The molecule has 26 heavy (non-hydrogen) atoms. The van der Waals surface area contributed by atoms with Crippen LogP contribution in [0.25, 0.3) is 4.85 Å². The summed E-state index contributed by atoms with van der Waals surface area (Å²) < 4.78 is 13.0. The summed E-state index contributed by atoms with van der Waals surface area (Å²) in [6.45, 7) is 7.87. The van der Waals surface area contributed by atoms with Gasteiger partial charge in [0.05, 0.1) is 31.0 Å². The first-order chi connectivity index (χ1) is 12.6. The minimum atomic E-state index is -0.446. The fourth-order valence-corrected chi connectivity index (χ4v) is 3.35. The van der Waals surface area contributed by atoms with E-state index in [2.05, 4.69) is 18.9 Å². The number of amides is 2. The molecule has 2 amide bonds. The van der Waals surface area contributed by atoms with Crippen LogP contribution in [-0.2, 0) is 10.3 Å². The molecule has 2 fully saturated rings. The lowest BCUT2D eigenvalue weighted by atomic mass is 10.1. The first kappa shape index (κ1) is 16.5. The lowest BCUT2D eigenvalue weighted by molar-refractivity contribution is 0.0912. The summed E-state index contributed by atoms with van der Waals surface area (Å²) >= 11 is 0.960. The number of ether oxygens (including phenoxy) is 1. The lowest BCUT2D eigenvalue weighted by Crippen LogP contribution is -2.34. The Bertz CT molecular complexity index is 871. The second kappa shape index (κ2) is 6.38. The molecule has 1 N–H and O–H groups in total. The summed E-state index contributed by atoms with van der Waals surface area (Å²) in [5, 5.41) is 2.69.